The molecule has 1 aromatic carbocycles. The SMILES string of the molecule is CCCC1=C(C(=O)OCC)[C@@H](c2cc(Cl)ccc2OC)n2c(s/c(=C\c3ccc(N4CCC(C)CC4)o3)c2=O)=N1. The number of rotatable bonds is 8. The summed E-state index contributed by atoms with van der Waals surface area (Å²) >= 11 is 7.68. The number of fused-ring (bicyclic) bond motifs is 1. The third kappa shape index (κ3) is 5.49. The summed E-state index contributed by atoms with van der Waals surface area (Å²) < 4.78 is 19.3. The Balaban J connectivity index is 1.66. The molecular formula is C30H34ClN3O5S. The van der Waals surface area contributed by atoms with Crippen LogP contribution in [0.1, 0.15) is 63.8 Å². The molecule has 0 N–H and O–H groups in total. The van der Waals surface area contributed by atoms with E-state index >= 15 is 0 Å². The Bertz CT molecular complexity index is 1610. The van der Waals surface area contributed by atoms with E-state index < -0.39 is 12.0 Å². The van der Waals surface area contributed by atoms with E-state index in [1.54, 1.807) is 42.9 Å². The Morgan fingerprint density at radius 3 is 2.70 bits per heavy atom. The van der Waals surface area contributed by atoms with Crippen LogP contribution in [0.2, 0.25) is 5.02 Å². The minimum Gasteiger partial charge on any atom is -0.496 e. The Labute approximate surface area is 242 Å². The number of thiazole rings is 1. The van der Waals surface area contributed by atoms with Crippen LogP contribution in [0, 0.1) is 5.92 Å². The van der Waals surface area contributed by atoms with E-state index in [-0.39, 0.29) is 12.2 Å². The third-order valence-corrected chi connectivity index (χ3v) is 8.58. The quantitative estimate of drug-likeness (QED) is 0.344. The number of nitrogens with zero attached hydrogens (tertiary/aromatic N) is 3. The lowest BCUT2D eigenvalue weighted by atomic mass is 9.93. The average Bonchev–Trinajstić information content (AvgIpc) is 3.53. The van der Waals surface area contributed by atoms with Crippen LogP contribution in [0.25, 0.3) is 6.08 Å². The molecule has 0 amide bonds. The fourth-order valence-corrected chi connectivity index (χ4v) is 6.46. The highest BCUT2D eigenvalue weighted by Crippen LogP contribution is 2.38. The van der Waals surface area contributed by atoms with Crippen molar-refractivity contribution in [3.05, 3.63) is 77.6 Å². The Morgan fingerprint density at radius 2 is 2.00 bits per heavy atom. The minimum atomic E-state index is -0.810. The van der Waals surface area contributed by atoms with Gasteiger partial charge in [0.1, 0.15) is 17.6 Å². The largest absolute Gasteiger partial charge is 0.496 e. The first-order valence-corrected chi connectivity index (χ1v) is 14.9. The molecule has 3 aromatic rings. The van der Waals surface area contributed by atoms with Gasteiger partial charge in [-0.1, -0.05) is 43.2 Å². The fraction of sp³-hybridized carbons (Fsp3) is 0.433. The molecule has 10 heteroatoms. The summed E-state index contributed by atoms with van der Waals surface area (Å²) in [5.41, 5.74) is 1.23. The lowest BCUT2D eigenvalue weighted by Gasteiger charge is -2.29. The molecule has 2 aromatic heterocycles. The van der Waals surface area contributed by atoms with Gasteiger partial charge < -0.3 is 18.8 Å². The number of anilines is 1. The van der Waals surface area contributed by atoms with Crippen molar-refractivity contribution in [2.75, 3.05) is 31.7 Å². The topological polar surface area (TPSA) is 86.3 Å². The maximum atomic E-state index is 14.0. The number of piperidine rings is 1. The summed E-state index contributed by atoms with van der Waals surface area (Å²) in [4.78, 5) is 34.9. The molecule has 0 saturated carbocycles. The summed E-state index contributed by atoms with van der Waals surface area (Å²) in [6, 6.07) is 8.21. The molecular weight excluding hydrogens is 550 g/mol. The van der Waals surface area contributed by atoms with Crippen LogP contribution in [0.4, 0.5) is 5.88 Å². The number of aromatic nitrogens is 1. The van der Waals surface area contributed by atoms with Crippen LogP contribution in [0.3, 0.4) is 0 Å². The molecule has 2 aliphatic rings. The van der Waals surface area contributed by atoms with Crippen molar-refractivity contribution in [2.45, 2.75) is 52.5 Å². The second-order valence-electron chi connectivity index (χ2n) is 10.1. The number of allylic oxidation sites excluding steroid dienone is 1. The zero-order chi connectivity index (χ0) is 28.4. The number of halogens is 1. The molecule has 0 spiro atoms. The van der Waals surface area contributed by atoms with Crippen LogP contribution in [0.5, 0.6) is 5.75 Å². The summed E-state index contributed by atoms with van der Waals surface area (Å²) in [5, 5.41) is 0.463. The van der Waals surface area contributed by atoms with Crippen molar-refractivity contribution in [2.24, 2.45) is 10.9 Å². The van der Waals surface area contributed by atoms with E-state index in [2.05, 4.69) is 11.8 Å². The Morgan fingerprint density at radius 1 is 1.23 bits per heavy atom. The van der Waals surface area contributed by atoms with Gasteiger partial charge in [-0.25, -0.2) is 9.79 Å². The molecule has 8 nitrogen and oxygen atoms in total. The van der Waals surface area contributed by atoms with Crippen LogP contribution in [-0.2, 0) is 9.53 Å². The molecule has 0 bridgehead atoms. The van der Waals surface area contributed by atoms with Crippen molar-refractivity contribution in [1.82, 2.24) is 4.57 Å². The molecule has 212 valence electrons. The standard InChI is InChI=1S/C30H34ClN3O5S/c1-5-7-22-26(29(36)38-6-2)27(21-16-19(31)8-10-23(21)37-4)34-28(35)24(40-30(34)32-22)17-20-9-11-25(39-20)33-14-12-18(3)13-15-33/h8-11,16-18,27H,5-7,12-15H2,1-4H3/b24-17-/t27-/m1/s1. The second kappa shape index (κ2) is 12.1. The number of carbonyl (C=O) groups is 1. The monoisotopic (exact) mass is 583 g/mol. The van der Waals surface area contributed by atoms with E-state index in [1.807, 2.05) is 19.1 Å². The van der Waals surface area contributed by atoms with Gasteiger partial charge >= 0.3 is 5.97 Å². The van der Waals surface area contributed by atoms with Crippen molar-refractivity contribution < 1.29 is 18.7 Å². The van der Waals surface area contributed by atoms with E-state index in [4.69, 9.17) is 30.5 Å². The smallest absolute Gasteiger partial charge is 0.338 e. The van der Waals surface area contributed by atoms with Gasteiger partial charge in [0.05, 0.1) is 29.5 Å². The zero-order valence-electron chi connectivity index (χ0n) is 23.2. The summed E-state index contributed by atoms with van der Waals surface area (Å²) in [6.07, 6.45) is 5.32. The molecule has 0 aliphatic carbocycles. The number of hydrogen-bond acceptors (Lipinski definition) is 8. The summed E-state index contributed by atoms with van der Waals surface area (Å²) in [6.45, 7) is 8.15. The van der Waals surface area contributed by atoms with Crippen molar-refractivity contribution in [3.8, 4) is 5.75 Å². The highest BCUT2D eigenvalue weighted by Gasteiger charge is 2.36. The molecule has 5 rings (SSSR count). The molecule has 2 aliphatic heterocycles. The molecule has 1 fully saturated rings. The number of ether oxygens (including phenoxy) is 2. The van der Waals surface area contributed by atoms with Gasteiger partial charge in [0, 0.05) is 35.8 Å². The highest BCUT2D eigenvalue weighted by atomic mass is 35.5. The summed E-state index contributed by atoms with van der Waals surface area (Å²) in [7, 11) is 1.55. The number of benzene rings is 1. The zero-order valence-corrected chi connectivity index (χ0v) is 24.8. The molecule has 1 atom stereocenters. The number of carbonyl (C=O) groups excluding carboxylic acids is 1. The molecule has 40 heavy (non-hydrogen) atoms. The Kier molecular flexibility index (Phi) is 8.51. The van der Waals surface area contributed by atoms with E-state index in [0.717, 1.165) is 44.2 Å². The number of furan rings is 1. The highest BCUT2D eigenvalue weighted by molar-refractivity contribution is 7.07. The first-order chi connectivity index (χ1) is 19.3. The van der Waals surface area contributed by atoms with Crippen molar-refractivity contribution in [1.29, 1.82) is 0 Å². The van der Waals surface area contributed by atoms with Crippen LogP contribution < -0.4 is 24.5 Å². The normalized spacial score (nSPS) is 18.1. The fourth-order valence-electron chi connectivity index (χ4n) is 5.28. The van der Waals surface area contributed by atoms with E-state index in [0.29, 0.717) is 49.1 Å². The molecule has 0 radical (unpaired) electrons. The van der Waals surface area contributed by atoms with Gasteiger partial charge in [0.15, 0.2) is 10.7 Å². The second-order valence-corrected chi connectivity index (χ2v) is 11.6. The van der Waals surface area contributed by atoms with Gasteiger partial charge in [-0.05, 0) is 56.4 Å². The molecule has 4 heterocycles. The predicted octanol–water partition coefficient (Wildman–Crippen LogP) is 5.07. The van der Waals surface area contributed by atoms with Crippen LogP contribution >= 0.6 is 22.9 Å². The maximum Gasteiger partial charge on any atom is 0.338 e. The van der Waals surface area contributed by atoms with E-state index in [1.165, 1.54) is 11.3 Å². The third-order valence-electron chi connectivity index (χ3n) is 7.36. The minimum absolute atomic E-state index is 0.197. The average molecular weight is 584 g/mol. The number of methoxy groups -OCH3 is 1. The van der Waals surface area contributed by atoms with Crippen LogP contribution in [0.15, 0.2) is 55.8 Å². The first-order valence-electron chi connectivity index (χ1n) is 13.7. The van der Waals surface area contributed by atoms with E-state index in [9.17, 15) is 9.59 Å². The molecule has 0 unspecified atom stereocenters. The first kappa shape index (κ1) is 28.2. The lowest BCUT2D eigenvalue weighted by Crippen LogP contribution is -2.40. The lowest BCUT2D eigenvalue weighted by molar-refractivity contribution is -0.139. The number of esters is 1. The molecule has 1 saturated heterocycles. The predicted molar refractivity (Wildman–Crippen MR) is 157 cm³/mol. The van der Waals surface area contributed by atoms with Gasteiger partial charge in [-0.15, -0.1) is 0 Å². The Hall–Kier alpha value is -3.30. The number of hydrogen-bond donors (Lipinski definition) is 0. The van der Waals surface area contributed by atoms with Crippen LogP contribution in [-0.4, -0.2) is 37.3 Å². The maximum absolute atomic E-state index is 14.0. The van der Waals surface area contributed by atoms with Crippen molar-refractivity contribution in [3.63, 3.8) is 0 Å². The van der Waals surface area contributed by atoms with Gasteiger partial charge in [-0.2, -0.15) is 0 Å². The van der Waals surface area contributed by atoms with Gasteiger partial charge in [0.2, 0.25) is 0 Å². The van der Waals surface area contributed by atoms with Gasteiger partial charge in [0.25, 0.3) is 5.56 Å². The summed E-state index contributed by atoms with van der Waals surface area (Å²) in [5.74, 6) is 2.12. The van der Waals surface area contributed by atoms with Crippen molar-refractivity contribution >= 4 is 40.9 Å². The van der Waals surface area contributed by atoms with Gasteiger partial charge in [-0.3, -0.25) is 9.36 Å².